The van der Waals surface area contributed by atoms with Gasteiger partial charge in [-0.05, 0) is 35.9 Å². The number of imidazole rings is 1. The Hall–Kier alpha value is -2.23. The molecule has 0 radical (unpaired) electrons. The minimum atomic E-state index is -0.292. The maximum atomic E-state index is 13.0. The van der Waals surface area contributed by atoms with Crippen LogP contribution in [0.2, 0.25) is 0 Å². The Kier molecular flexibility index (Phi) is 2.55. The third-order valence-corrected chi connectivity index (χ3v) is 2.78. The van der Waals surface area contributed by atoms with Crippen LogP contribution in [0.1, 0.15) is 11.4 Å². The Morgan fingerprint density at radius 3 is 2.44 bits per heavy atom. The van der Waals surface area contributed by atoms with Crippen LogP contribution < -0.4 is 0 Å². The van der Waals surface area contributed by atoms with Crippen molar-refractivity contribution < 1.29 is 8.78 Å². The van der Waals surface area contributed by atoms with Gasteiger partial charge in [0.1, 0.15) is 17.5 Å². The third-order valence-electron chi connectivity index (χ3n) is 2.78. The molecule has 18 heavy (non-hydrogen) atoms. The zero-order valence-corrected chi connectivity index (χ0v) is 9.45. The first-order chi connectivity index (χ1) is 8.70. The average molecular weight is 244 g/mol. The smallest absolute Gasteiger partial charge is 0.125 e. The number of nitrogens with zero attached hydrogens (tertiary/aromatic N) is 1. The summed E-state index contributed by atoms with van der Waals surface area (Å²) < 4.78 is 25.8. The van der Waals surface area contributed by atoms with Gasteiger partial charge in [-0.25, -0.2) is 13.8 Å². The highest BCUT2D eigenvalue weighted by Gasteiger charge is 2.04. The topological polar surface area (TPSA) is 28.7 Å². The Labute approximate surface area is 102 Å². The number of aromatic nitrogens is 2. The van der Waals surface area contributed by atoms with Crippen LogP contribution in [0.5, 0.6) is 0 Å². The van der Waals surface area contributed by atoms with Gasteiger partial charge in [0.15, 0.2) is 0 Å². The van der Waals surface area contributed by atoms with Gasteiger partial charge in [-0.2, -0.15) is 0 Å². The Morgan fingerprint density at radius 2 is 1.67 bits per heavy atom. The molecule has 3 rings (SSSR count). The van der Waals surface area contributed by atoms with Crippen LogP contribution in [-0.4, -0.2) is 9.97 Å². The highest BCUT2D eigenvalue weighted by atomic mass is 19.1. The van der Waals surface area contributed by atoms with Gasteiger partial charge in [-0.15, -0.1) is 0 Å². The molecular formula is C14H10F2N2. The van der Waals surface area contributed by atoms with Crippen LogP contribution in [0.4, 0.5) is 8.78 Å². The molecule has 0 unspecified atom stereocenters. The molecule has 3 aromatic rings. The van der Waals surface area contributed by atoms with Gasteiger partial charge < -0.3 is 4.98 Å². The second-order valence-electron chi connectivity index (χ2n) is 4.15. The summed E-state index contributed by atoms with van der Waals surface area (Å²) in [5.41, 5.74) is 2.36. The van der Waals surface area contributed by atoms with Gasteiger partial charge >= 0.3 is 0 Å². The second kappa shape index (κ2) is 4.22. The van der Waals surface area contributed by atoms with E-state index in [-0.39, 0.29) is 11.6 Å². The summed E-state index contributed by atoms with van der Waals surface area (Å²) >= 11 is 0. The molecule has 1 aromatic heterocycles. The predicted octanol–water partition coefficient (Wildman–Crippen LogP) is 3.43. The molecule has 2 aromatic carbocycles. The third kappa shape index (κ3) is 2.09. The fourth-order valence-corrected chi connectivity index (χ4v) is 1.91. The first kappa shape index (κ1) is 10.9. The maximum Gasteiger partial charge on any atom is 0.125 e. The SMILES string of the molecule is Fc1ccc(Cc2nc3ccc(F)cc3[nH]2)cc1. The fraction of sp³-hybridized carbons (Fsp3) is 0.0714. The zero-order valence-electron chi connectivity index (χ0n) is 9.45. The van der Waals surface area contributed by atoms with E-state index in [2.05, 4.69) is 9.97 Å². The van der Waals surface area contributed by atoms with Gasteiger partial charge in [0, 0.05) is 6.42 Å². The van der Waals surface area contributed by atoms with Crippen molar-refractivity contribution >= 4 is 11.0 Å². The molecule has 0 fully saturated rings. The number of fused-ring (bicyclic) bond motifs is 1. The molecule has 0 saturated carbocycles. The number of hydrogen-bond acceptors (Lipinski definition) is 1. The quantitative estimate of drug-likeness (QED) is 0.735. The Morgan fingerprint density at radius 1 is 0.944 bits per heavy atom. The highest BCUT2D eigenvalue weighted by Crippen LogP contribution is 2.15. The van der Waals surface area contributed by atoms with Crippen LogP contribution in [0.3, 0.4) is 0 Å². The van der Waals surface area contributed by atoms with Gasteiger partial charge in [0.25, 0.3) is 0 Å². The van der Waals surface area contributed by atoms with Crippen LogP contribution in [0, 0.1) is 11.6 Å². The van der Waals surface area contributed by atoms with Crippen molar-refractivity contribution in [3.05, 3.63) is 65.5 Å². The van der Waals surface area contributed by atoms with Crippen molar-refractivity contribution in [3.8, 4) is 0 Å². The lowest BCUT2D eigenvalue weighted by molar-refractivity contribution is 0.627. The van der Waals surface area contributed by atoms with Gasteiger partial charge in [0.2, 0.25) is 0 Å². The molecule has 1 heterocycles. The van der Waals surface area contributed by atoms with E-state index < -0.39 is 0 Å². The molecule has 0 bridgehead atoms. The lowest BCUT2D eigenvalue weighted by Gasteiger charge is -1.97. The summed E-state index contributed by atoms with van der Waals surface area (Å²) in [6.45, 7) is 0. The molecule has 0 atom stereocenters. The Balaban J connectivity index is 1.92. The molecule has 4 heteroatoms. The van der Waals surface area contributed by atoms with E-state index in [0.717, 1.165) is 16.9 Å². The molecule has 0 amide bonds. The molecule has 2 nitrogen and oxygen atoms in total. The van der Waals surface area contributed by atoms with E-state index in [1.807, 2.05) is 0 Å². The minimum Gasteiger partial charge on any atom is -0.342 e. The van der Waals surface area contributed by atoms with E-state index in [1.165, 1.54) is 24.3 Å². The van der Waals surface area contributed by atoms with Crippen LogP contribution >= 0.6 is 0 Å². The Bertz CT molecular complexity index is 687. The maximum absolute atomic E-state index is 13.0. The molecule has 1 N–H and O–H groups in total. The molecule has 0 spiro atoms. The molecule has 0 aliphatic rings. The fourth-order valence-electron chi connectivity index (χ4n) is 1.91. The van der Waals surface area contributed by atoms with Gasteiger partial charge in [0.05, 0.1) is 11.0 Å². The highest BCUT2D eigenvalue weighted by molar-refractivity contribution is 5.75. The number of nitrogens with one attached hydrogen (secondary N) is 1. The van der Waals surface area contributed by atoms with Crippen molar-refractivity contribution in [1.29, 1.82) is 0 Å². The molecular weight excluding hydrogens is 234 g/mol. The van der Waals surface area contributed by atoms with Crippen molar-refractivity contribution in [1.82, 2.24) is 9.97 Å². The van der Waals surface area contributed by atoms with Crippen LogP contribution in [-0.2, 0) is 6.42 Å². The van der Waals surface area contributed by atoms with Gasteiger partial charge in [-0.3, -0.25) is 0 Å². The molecule has 0 aliphatic heterocycles. The normalized spacial score (nSPS) is 11.0. The van der Waals surface area contributed by atoms with Crippen LogP contribution in [0.25, 0.3) is 11.0 Å². The number of rotatable bonds is 2. The summed E-state index contributed by atoms with van der Waals surface area (Å²) in [6, 6.07) is 10.7. The monoisotopic (exact) mass is 244 g/mol. The predicted molar refractivity (Wildman–Crippen MR) is 65.3 cm³/mol. The first-order valence-corrected chi connectivity index (χ1v) is 5.59. The first-order valence-electron chi connectivity index (χ1n) is 5.59. The van der Waals surface area contributed by atoms with Crippen molar-refractivity contribution in [3.63, 3.8) is 0 Å². The van der Waals surface area contributed by atoms with Crippen molar-refractivity contribution in [2.75, 3.05) is 0 Å². The molecule has 90 valence electrons. The largest absolute Gasteiger partial charge is 0.342 e. The van der Waals surface area contributed by atoms with E-state index in [0.29, 0.717) is 11.9 Å². The summed E-state index contributed by atoms with van der Waals surface area (Å²) in [7, 11) is 0. The van der Waals surface area contributed by atoms with E-state index >= 15 is 0 Å². The summed E-state index contributed by atoms with van der Waals surface area (Å²) in [5, 5.41) is 0. The van der Waals surface area contributed by atoms with E-state index in [4.69, 9.17) is 0 Å². The van der Waals surface area contributed by atoms with Crippen molar-refractivity contribution in [2.24, 2.45) is 0 Å². The van der Waals surface area contributed by atoms with E-state index in [1.54, 1.807) is 18.2 Å². The second-order valence-corrected chi connectivity index (χ2v) is 4.15. The number of hydrogen-bond donors (Lipinski definition) is 1. The zero-order chi connectivity index (χ0) is 12.5. The number of benzene rings is 2. The lowest BCUT2D eigenvalue weighted by atomic mass is 10.1. The van der Waals surface area contributed by atoms with Crippen LogP contribution in [0.15, 0.2) is 42.5 Å². The minimum absolute atomic E-state index is 0.259. The van der Waals surface area contributed by atoms with Gasteiger partial charge in [-0.1, -0.05) is 12.1 Å². The standard InChI is InChI=1S/C14H10F2N2/c15-10-3-1-9(2-4-10)7-14-17-12-6-5-11(16)8-13(12)18-14/h1-6,8H,7H2,(H,17,18). The van der Waals surface area contributed by atoms with Crippen molar-refractivity contribution in [2.45, 2.75) is 6.42 Å². The molecule has 0 saturated heterocycles. The molecule has 0 aliphatic carbocycles. The number of aromatic amines is 1. The lowest BCUT2D eigenvalue weighted by Crippen LogP contribution is -1.90. The number of halogens is 2. The average Bonchev–Trinajstić information content (AvgIpc) is 2.73. The summed E-state index contributed by atoms with van der Waals surface area (Å²) in [4.78, 5) is 7.41. The van der Waals surface area contributed by atoms with E-state index in [9.17, 15) is 8.78 Å². The summed E-state index contributed by atoms with van der Waals surface area (Å²) in [5.74, 6) is 0.187. The number of H-pyrrole nitrogens is 1. The summed E-state index contributed by atoms with van der Waals surface area (Å²) in [6.07, 6.45) is 0.566.